The van der Waals surface area contributed by atoms with Crippen LogP contribution in [0.25, 0.3) is 0 Å². The second-order valence-corrected chi connectivity index (χ2v) is 8.81. The number of nitrogens with one attached hydrogen (secondary N) is 2. The molecule has 0 saturated carbocycles. The number of pyridine rings is 1. The SMILES string of the molecule is CCC(=O)Nc1ccc(N2C(=S)N[C@H](c3ccccn3)[C@@H]2c2cccn2Cc2ccco2)cc1OC. The summed E-state index contributed by atoms with van der Waals surface area (Å²) in [5.74, 6) is 1.34. The Bertz CT molecular complexity index is 1350. The molecule has 0 bridgehead atoms. The highest BCUT2D eigenvalue weighted by Crippen LogP contribution is 2.43. The first kappa shape index (κ1) is 23.6. The van der Waals surface area contributed by atoms with Gasteiger partial charge in [0.2, 0.25) is 5.91 Å². The zero-order chi connectivity index (χ0) is 25.1. The van der Waals surface area contributed by atoms with Gasteiger partial charge in [-0.3, -0.25) is 9.78 Å². The maximum Gasteiger partial charge on any atom is 0.224 e. The van der Waals surface area contributed by atoms with Crippen LogP contribution in [0.2, 0.25) is 0 Å². The average Bonchev–Trinajstić information content (AvgIpc) is 3.65. The lowest BCUT2D eigenvalue weighted by Crippen LogP contribution is -2.30. The molecular formula is C27H27N5O3S. The van der Waals surface area contributed by atoms with E-state index in [9.17, 15) is 4.79 Å². The third-order valence-electron chi connectivity index (χ3n) is 6.23. The maximum absolute atomic E-state index is 12.0. The number of methoxy groups -OCH3 is 1. The van der Waals surface area contributed by atoms with E-state index in [1.807, 2.05) is 67.7 Å². The summed E-state index contributed by atoms with van der Waals surface area (Å²) in [5.41, 5.74) is 3.40. The molecule has 0 spiro atoms. The lowest BCUT2D eigenvalue weighted by Gasteiger charge is -2.29. The van der Waals surface area contributed by atoms with E-state index in [0.29, 0.717) is 29.5 Å². The van der Waals surface area contributed by atoms with Crippen LogP contribution in [0.3, 0.4) is 0 Å². The van der Waals surface area contributed by atoms with Crippen LogP contribution in [-0.4, -0.2) is 27.7 Å². The van der Waals surface area contributed by atoms with Gasteiger partial charge in [0, 0.05) is 36.3 Å². The van der Waals surface area contributed by atoms with Crippen LogP contribution >= 0.6 is 12.2 Å². The van der Waals surface area contributed by atoms with E-state index in [4.69, 9.17) is 21.4 Å². The van der Waals surface area contributed by atoms with E-state index < -0.39 is 0 Å². The van der Waals surface area contributed by atoms with Crippen LogP contribution < -0.4 is 20.3 Å². The molecule has 8 nitrogen and oxygen atoms in total. The smallest absolute Gasteiger partial charge is 0.224 e. The molecule has 1 aromatic carbocycles. The standard InChI is InChI=1S/C27H27N5O3S/c1-3-24(33)29-20-12-11-18(16-23(20)34-2)32-26(25(30-27(32)36)21-9-4-5-13-28-21)22-10-6-14-31(22)17-19-8-7-15-35-19/h4-16,25-26H,3,17H2,1-2H3,(H,29,33)(H,30,36)/t25-,26+/m1/s1. The van der Waals surface area contributed by atoms with Gasteiger partial charge in [-0.15, -0.1) is 0 Å². The first-order valence-corrected chi connectivity index (χ1v) is 12.2. The van der Waals surface area contributed by atoms with Gasteiger partial charge in [-0.2, -0.15) is 0 Å². The van der Waals surface area contributed by atoms with Crippen molar-refractivity contribution in [3.05, 3.63) is 96.5 Å². The number of furan rings is 1. The second-order valence-electron chi connectivity index (χ2n) is 8.42. The van der Waals surface area contributed by atoms with Gasteiger partial charge >= 0.3 is 0 Å². The van der Waals surface area contributed by atoms with Gasteiger partial charge in [-0.25, -0.2) is 0 Å². The van der Waals surface area contributed by atoms with Crippen molar-refractivity contribution in [3.63, 3.8) is 0 Å². The summed E-state index contributed by atoms with van der Waals surface area (Å²) in [7, 11) is 1.59. The van der Waals surface area contributed by atoms with Crippen LogP contribution in [0.15, 0.2) is 83.7 Å². The van der Waals surface area contributed by atoms with Crippen molar-refractivity contribution in [2.24, 2.45) is 0 Å². The first-order valence-electron chi connectivity index (χ1n) is 11.7. The van der Waals surface area contributed by atoms with E-state index in [2.05, 4.69) is 31.2 Å². The molecule has 9 heteroatoms. The number of hydrogen-bond donors (Lipinski definition) is 2. The Morgan fingerprint density at radius 3 is 2.81 bits per heavy atom. The zero-order valence-corrected chi connectivity index (χ0v) is 20.9. The Labute approximate surface area is 214 Å². The summed E-state index contributed by atoms with van der Waals surface area (Å²) in [4.78, 5) is 18.7. The lowest BCUT2D eigenvalue weighted by atomic mass is 10.0. The largest absolute Gasteiger partial charge is 0.494 e. The summed E-state index contributed by atoms with van der Waals surface area (Å²) in [6.07, 6.45) is 5.89. The molecule has 5 rings (SSSR count). The molecule has 184 valence electrons. The van der Waals surface area contributed by atoms with Crippen molar-refractivity contribution < 1.29 is 13.9 Å². The molecule has 0 radical (unpaired) electrons. The molecule has 3 aromatic heterocycles. The molecule has 36 heavy (non-hydrogen) atoms. The number of carbonyl (C=O) groups excluding carboxylic acids is 1. The van der Waals surface area contributed by atoms with Crippen LogP contribution in [0.4, 0.5) is 11.4 Å². The fourth-order valence-corrected chi connectivity index (χ4v) is 4.86. The summed E-state index contributed by atoms with van der Waals surface area (Å²) in [6, 6.07) is 19.1. The van der Waals surface area contributed by atoms with E-state index in [0.717, 1.165) is 22.8 Å². The molecule has 0 aliphatic carbocycles. The van der Waals surface area contributed by atoms with E-state index in [-0.39, 0.29) is 18.0 Å². The molecule has 1 fully saturated rings. The van der Waals surface area contributed by atoms with Crippen molar-refractivity contribution in [2.75, 3.05) is 17.3 Å². The predicted molar refractivity (Wildman–Crippen MR) is 142 cm³/mol. The van der Waals surface area contributed by atoms with E-state index >= 15 is 0 Å². The van der Waals surface area contributed by atoms with Gasteiger partial charge in [-0.05, 0) is 60.7 Å². The molecule has 1 amide bonds. The van der Waals surface area contributed by atoms with Gasteiger partial charge in [0.05, 0.1) is 37.3 Å². The van der Waals surface area contributed by atoms with Gasteiger partial charge in [0.15, 0.2) is 5.11 Å². The van der Waals surface area contributed by atoms with Gasteiger partial charge < -0.3 is 29.3 Å². The molecule has 4 aromatic rings. The quantitative estimate of drug-likeness (QED) is 0.327. The van der Waals surface area contributed by atoms with Crippen LogP contribution in [0.1, 0.15) is 42.6 Å². The lowest BCUT2D eigenvalue weighted by molar-refractivity contribution is -0.115. The first-order chi connectivity index (χ1) is 17.6. The topological polar surface area (TPSA) is 84.6 Å². The fourth-order valence-electron chi connectivity index (χ4n) is 4.52. The molecular weight excluding hydrogens is 474 g/mol. The maximum atomic E-state index is 12.0. The Morgan fingerprint density at radius 2 is 2.08 bits per heavy atom. The average molecular weight is 502 g/mol. The van der Waals surface area contributed by atoms with Crippen molar-refractivity contribution >= 4 is 34.6 Å². The molecule has 0 unspecified atom stereocenters. The Morgan fingerprint density at radius 1 is 1.19 bits per heavy atom. The minimum Gasteiger partial charge on any atom is -0.494 e. The number of thiocarbonyl (C=S) groups is 1. The molecule has 4 heterocycles. The van der Waals surface area contributed by atoms with Crippen LogP contribution in [0.5, 0.6) is 5.75 Å². The summed E-state index contributed by atoms with van der Waals surface area (Å²) in [5, 5.41) is 6.95. The molecule has 1 aliphatic rings. The van der Waals surface area contributed by atoms with Gasteiger partial charge in [0.25, 0.3) is 0 Å². The Hall–Kier alpha value is -4.11. The second kappa shape index (κ2) is 10.2. The van der Waals surface area contributed by atoms with Crippen LogP contribution in [0, 0.1) is 0 Å². The Kier molecular flexibility index (Phi) is 6.73. The Balaban J connectivity index is 1.58. The number of hydrogen-bond acceptors (Lipinski definition) is 5. The highest BCUT2D eigenvalue weighted by Gasteiger charge is 2.42. The molecule has 2 atom stereocenters. The summed E-state index contributed by atoms with van der Waals surface area (Å²) in [6.45, 7) is 2.40. The zero-order valence-electron chi connectivity index (χ0n) is 20.0. The summed E-state index contributed by atoms with van der Waals surface area (Å²) < 4.78 is 13.4. The van der Waals surface area contributed by atoms with Crippen molar-refractivity contribution in [2.45, 2.75) is 32.0 Å². The van der Waals surface area contributed by atoms with Crippen molar-refractivity contribution in [1.82, 2.24) is 14.9 Å². The highest BCUT2D eigenvalue weighted by atomic mass is 32.1. The van der Waals surface area contributed by atoms with Gasteiger partial charge in [0.1, 0.15) is 17.6 Å². The minimum atomic E-state index is -0.196. The number of benzene rings is 1. The van der Waals surface area contributed by atoms with Crippen molar-refractivity contribution in [1.29, 1.82) is 0 Å². The molecule has 2 N–H and O–H groups in total. The van der Waals surface area contributed by atoms with E-state index in [1.165, 1.54) is 0 Å². The number of anilines is 2. The van der Waals surface area contributed by atoms with Crippen molar-refractivity contribution in [3.8, 4) is 5.75 Å². The number of ether oxygens (including phenoxy) is 1. The van der Waals surface area contributed by atoms with Crippen LogP contribution in [-0.2, 0) is 11.3 Å². The number of rotatable bonds is 8. The normalized spacial score (nSPS) is 17.2. The summed E-state index contributed by atoms with van der Waals surface area (Å²) >= 11 is 5.86. The van der Waals surface area contributed by atoms with Gasteiger partial charge in [-0.1, -0.05) is 13.0 Å². The number of amides is 1. The number of aromatic nitrogens is 2. The molecule has 1 aliphatic heterocycles. The van der Waals surface area contributed by atoms with E-state index in [1.54, 1.807) is 19.6 Å². The monoisotopic (exact) mass is 501 g/mol. The number of carbonyl (C=O) groups is 1. The molecule has 1 saturated heterocycles. The third kappa shape index (κ3) is 4.57. The minimum absolute atomic E-state index is 0.0803. The third-order valence-corrected chi connectivity index (χ3v) is 6.55. The number of nitrogens with zero attached hydrogens (tertiary/aromatic N) is 3. The predicted octanol–water partition coefficient (Wildman–Crippen LogP) is 5.06. The fraction of sp³-hybridized carbons (Fsp3) is 0.222. The highest BCUT2D eigenvalue weighted by molar-refractivity contribution is 7.80.